The van der Waals surface area contributed by atoms with Crippen LogP contribution in [0.1, 0.15) is 46.0 Å². The molecule has 0 amide bonds. The molecule has 0 heterocycles. The van der Waals surface area contributed by atoms with Gasteiger partial charge >= 0.3 is 0 Å². The van der Waals surface area contributed by atoms with Gasteiger partial charge in [-0.15, -0.1) is 18.9 Å². The summed E-state index contributed by atoms with van der Waals surface area (Å²) in [6, 6.07) is 2.21. The standard InChI is InChI=1S/C15H23N/c1-5-7-8-10-14(6-2)15(13(3)4)11-9-12-16/h2,5,13-15H,1,7-11H2,3-4H3/t14-,15-/m0/s1. The SMILES string of the molecule is C#C[C@@H](CCCC=C)[C@@H](CCC#N)C(C)C. The second-order valence-corrected chi connectivity index (χ2v) is 4.60. The normalized spacial score (nSPS) is 13.8. The van der Waals surface area contributed by atoms with Crippen molar-refractivity contribution in [2.75, 3.05) is 0 Å². The number of nitrogens with zero attached hydrogens (tertiary/aromatic N) is 1. The number of allylic oxidation sites excluding steroid dienone is 1. The molecule has 0 N–H and O–H groups in total. The lowest BCUT2D eigenvalue weighted by Gasteiger charge is -2.26. The van der Waals surface area contributed by atoms with Crippen molar-refractivity contribution in [3.8, 4) is 18.4 Å². The Morgan fingerprint density at radius 3 is 2.50 bits per heavy atom. The average Bonchev–Trinajstić information content (AvgIpc) is 2.26. The lowest BCUT2D eigenvalue weighted by Crippen LogP contribution is -2.19. The Balaban J connectivity index is 4.30. The van der Waals surface area contributed by atoms with E-state index in [0.717, 1.165) is 25.7 Å². The molecule has 0 aliphatic heterocycles. The molecule has 0 unspecified atom stereocenters. The molecular formula is C15H23N. The predicted octanol–water partition coefficient (Wildman–Crippen LogP) is 4.17. The number of terminal acetylenes is 1. The van der Waals surface area contributed by atoms with Gasteiger partial charge in [-0.3, -0.25) is 0 Å². The first-order valence-corrected chi connectivity index (χ1v) is 6.11. The Morgan fingerprint density at radius 2 is 2.06 bits per heavy atom. The Morgan fingerprint density at radius 1 is 1.38 bits per heavy atom. The van der Waals surface area contributed by atoms with Crippen LogP contribution in [0, 0.1) is 41.4 Å². The van der Waals surface area contributed by atoms with Gasteiger partial charge in [-0.25, -0.2) is 0 Å². The summed E-state index contributed by atoms with van der Waals surface area (Å²) in [4.78, 5) is 0. The lowest BCUT2D eigenvalue weighted by atomic mass is 9.78. The number of nitriles is 1. The van der Waals surface area contributed by atoms with Crippen molar-refractivity contribution in [3.05, 3.63) is 12.7 Å². The van der Waals surface area contributed by atoms with Gasteiger partial charge in [0.15, 0.2) is 0 Å². The third-order valence-electron chi connectivity index (χ3n) is 3.10. The van der Waals surface area contributed by atoms with E-state index in [4.69, 9.17) is 11.7 Å². The van der Waals surface area contributed by atoms with E-state index >= 15 is 0 Å². The zero-order chi connectivity index (χ0) is 12.4. The highest BCUT2D eigenvalue weighted by molar-refractivity contribution is 4.98. The van der Waals surface area contributed by atoms with E-state index in [9.17, 15) is 0 Å². The summed E-state index contributed by atoms with van der Waals surface area (Å²) >= 11 is 0. The van der Waals surface area contributed by atoms with E-state index in [-0.39, 0.29) is 0 Å². The molecule has 0 saturated carbocycles. The highest BCUT2D eigenvalue weighted by Gasteiger charge is 2.21. The highest BCUT2D eigenvalue weighted by Crippen LogP contribution is 2.29. The second kappa shape index (κ2) is 9.05. The first-order valence-electron chi connectivity index (χ1n) is 6.11. The second-order valence-electron chi connectivity index (χ2n) is 4.60. The molecule has 2 atom stereocenters. The molecule has 0 fully saturated rings. The maximum atomic E-state index is 8.65. The topological polar surface area (TPSA) is 23.8 Å². The number of hydrogen-bond donors (Lipinski definition) is 0. The molecule has 0 aromatic carbocycles. The minimum atomic E-state index is 0.313. The molecule has 0 aromatic rings. The molecule has 0 bridgehead atoms. The van der Waals surface area contributed by atoms with Crippen LogP contribution in [0.4, 0.5) is 0 Å². The Hall–Kier alpha value is -1.21. The molecule has 88 valence electrons. The first-order chi connectivity index (χ1) is 7.67. The molecule has 0 rings (SSSR count). The van der Waals surface area contributed by atoms with Crippen LogP contribution >= 0.6 is 0 Å². The summed E-state index contributed by atoms with van der Waals surface area (Å²) in [5.41, 5.74) is 0. The predicted molar refractivity (Wildman–Crippen MR) is 69.5 cm³/mol. The minimum absolute atomic E-state index is 0.313. The van der Waals surface area contributed by atoms with Gasteiger partial charge in [-0.05, 0) is 37.5 Å². The fourth-order valence-corrected chi connectivity index (χ4v) is 2.13. The molecule has 1 heteroatoms. The van der Waals surface area contributed by atoms with Crippen molar-refractivity contribution in [2.24, 2.45) is 17.8 Å². The Kier molecular flexibility index (Phi) is 8.36. The highest BCUT2D eigenvalue weighted by atomic mass is 14.3. The van der Waals surface area contributed by atoms with Crippen LogP contribution in [0.2, 0.25) is 0 Å². The van der Waals surface area contributed by atoms with Crippen LogP contribution in [0.3, 0.4) is 0 Å². The van der Waals surface area contributed by atoms with Crippen molar-refractivity contribution >= 4 is 0 Å². The molecule has 16 heavy (non-hydrogen) atoms. The maximum Gasteiger partial charge on any atom is 0.0621 e. The van der Waals surface area contributed by atoms with E-state index in [1.807, 2.05) is 6.08 Å². The van der Waals surface area contributed by atoms with Crippen molar-refractivity contribution < 1.29 is 0 Å². The summed E-state index contributed by atoms with van der Waals surface area (Å²) in [5.74, 6) is 4.26. The maximum absolute atomic E-state index is 8.65. The van der Waals surface area contributed by atoms with Crippen LogP contribution in [0.5, 0.6) is 0 Å². The Bertz CT molecular complexity index is 264. The molecule has 0 saturated heterocycles. The van der Waals surface area contributed by atoms with Crippen LogP contribution in [-0.2, 0) is 0 Å². The molecule has 0 aromatic heterocycles. The summed E-state index contributed by atoms with van der Waals surface area (Å²) < 4.78 is 0. The number of rotatable bonds is 8. The largest absolute Gasteiger partial charge is 0.198 e. The van der Waals surface area contributed by atoms with E-state index in [2.05, 4.69) is 32.4 Å². The fraction of sp³-hybridized carbons (Fsp3) is 0.667. The quantitative estimate of drug-likeness (QED) is 0.340. The fourth-order valence-electron chi connectivity index (χ4n) is 2.13. The van der Waals surface area contributed by atoms with Gasteiger partial charge in [0.2, 0.25) is 0 Å². The molecule has 0 aliphatic rings. The van der Waals surface area contributed by atoms with Gasteiger partial charge in [0.25, 0.3) is 0 Å². The van der Waals surface area contributed by atoms with Crippen molar-refractivity contribution in [1.29, 1.82) is 5.26 Å². The van der Waals surface area contributed by atoms with Crippen LogP contribution in [-0.4, -0.2) is 0 Å². The summed E-state index contributed by atoms with van der Waals surface area (Å²) in [6.45, 7) is 8.11. The minimum Gasteiger partial charge on any atom is -0.198 e. The van der Waals surface area contributed by atoms with Crippen LogP contribution in [0.15, 0.2) is 12.7 Å². The molecular weight excluding hydrogens is 194 g/mol. The first kappa shape index (κ1) is 14.8. The Labute approximate surface area is 101 Å². The van der Waals surface area contributed by atoms with Gasteiger partial charge in [-0.2, -0.15) is 5.26 Å². The number of unbranched alkanes of at least 4 members (excludes halogenated alkanes) is 1. The summed E-state index contributed by atoms with van der Waals surface area (Å²) in [5, 5.41) is 8.65. The third-order valence-corrected chi connectivity index (χ3v) is 3.10. The van der Waals surface area contributed by atoms with Crippen molar-refractivity contribution in [2.45, 2.75) is 46.0 Å². The molecule has 1 nitrogen and oxygen atoms in total. The number of hydrogen-bond acceptors (Lipinski definition) is 1. The molecule has 0 spiro atoms. The van der Waals surface area contributed by atoms with Gasteiger partial charge in [0.1, 0.15) is 0 Å². The van der Waals surface area contributed by atoms with Crippen molar-refractivity contribution in [1.82, 2.24) is 0 Å². The lowest BCUT2D eigenvalue weighted by molar-refractivity contribution is 0.273. The summed E-state index contributed by atoms with van der Waals surface area (Å²) in [6.07, 6.45) is 12.3. The monoisotopic (exact) mass is 217 g/mol. The van der Waals surface area contributed by atoms with E-state index < -0.39 is 0 Å². The third kappa shape index (κ3) is 5.62. The van der Waals surface area contributed by atoms with Gasteiger partial charge in [-0.1, -0.05) is 19.9 Å². The van der Waals surface area contributed by atoms with Gasteiger partial charge in [0, 0.05) is 12.3 Å². The van der Waals surface area contributed by atoms with Gasteiger partial charge in [0.05, 0.1) is 6.07 Å². The summed E-state index contributed by atoms with van der Waals surface area (Å²) in [7, 11) is 0. The van der Waals surface area contributed by atoms with Crippen LogP contribution < -0.4 is 0 Å². The van der Waals surface area contributed by atoms with Gasteiger partial charge < -0.3 is 0 Å². The van der Waals surface area contributed by atoms with E-state index in [1.165, 1.54) is 0 Å². The molecule has 0 aliphatic carbocycles. The zero-order valence-electron chi connectivity index (χ0n) is 10.6. The zero-order valence-corrected chi connectivity index (χ0v) is 10.6. The molecule has 0 radical (unpaired) electrons. The van der Waals surface area contributed by atoms with E-state index in [0.29, 0.717) is 24.2 Å². The van der Waals surface area contributed by atoms with Crippen LogP contribution in [0.25, 0.3) is 0 Å². The smallest absolute Gasteiger partial charge is 0.0621 e. The van der Waals surface area contributed by atoms with Crippen molar-refractivity contribution in [3.63, 3.8) is 0 Å². The van der Waals surface area contributed by atoms with E-state index in [1.54, 1.807) is 0 Å². The average molecular weight is 217 g/mol.